The first-order chi connectivity index (χ1) is 12.1. The van der Waals surface area contributed by atoms with Crippen LogP contribution in [0.2, 0.25) is 0 Å². The zero-order valence-corrected chi connectivity index (χ0v) is 19.6. The van der Waals surface area contributed by atoms with Crippen LogP contribution in [0.3, 0.4) is 0 Å². The Labute approximate surface area is 185 Å². The number of methoxy groups -OCH3 is 1. The highest BCUT2D eigenvalue weighted by Gasteiger charge is 2.23. The standard InChI is InChI=1S/C21H33BrN2O.2ClH/c1-25-20-6-7-21(22)18(15-20)14-17-9-12-24(13-10-17)11-8-16-2-4-19(23)5-3-16;;/h6-7,15-17,19H,2-5,8-14,23H2,1H3;2*1H/t16-,19-;;. The van der Waals surface area contributed by atoms with E-state index in [4.69, 9.17) is 10.5 Å². The van der Waals surface area contributed by atoms with Crippen LogP contribution in [0.1, 0.15) is 50.5 Å². The highest BCUT2D eigenvalue weighted by Crippen LogP contribution is 2.30. The molecule has 1 aromatic carbocycles. The molecule has 0 spiro atoms. The molecule has 0 unspecified atom stereocenters. The number of hydrogen-bond acceptors (Lipinski definition) is 3. The van der Waals surface area contributed by atoms with Crippen LogP contribution in [-0.2, 0) is 6.42 Å². The molecular weight excluding hydrogens is 447 g/mol. The van der Waals surface area contributed by atoms with E-state index in [2.05, 4.69) is 33.0 Å². The van der Waals surface area contributed by atoms with Crippen molar-refractivity contribution in [3.05, 3.63) is 28.2 Å². The van der Waals surface area contributed by atoms with Gasteiger partial charge in [-0.05, 0) is 107 Å². The first-order valence-electron chi connectivity index (χ1n) is 9.94. The van der Waals surface area contributed by atoms with E-state index in [0.717, 1.165) is 24.0 Å². The van der Waals surface area contributed by atoms with Crippen molar-refractivity contribution in [2.24, 2.45) is 17.6 Å². The Kier molecular flexibility index (Phi) is 11.6. The van der Waals surface area contributed by atoms with E-state index in [1.165, 1.54) is 74.6 Å². The molecule has 2 aliphatic rings. The Morgan fingerprint density at radius 2 is 1.70 bits per heavy atom. The number of ether oxygens (including phenoxy) is 1. The second kappa shape index (κ2) is 12.5. The first-order valence-corrected chi connectivity index (χ1v) is 10.7. The molecule has 1 saturated heterocycles. The van der Waals surface area contributed by atoms with Crippen molar-refractivity contribution in [3.63, 3.8) is 0 Å². The van der Waals surface area contributed by atoms with Crippen LogP contribution in [0.15, 0.2) is 22.7 Å². The molecule has 1 aromatic rings. The topological polar surface area (TPSA) is 38.5 Å². The SMILES string of the molecule is COc1ccc(Br)c(CC2CCN(CC[C@H]3CC[C@H](N)CC3)CC2)c1.Cl.Cl. The van der Waals surface area contributed by atoms with Crippen LogP contribution in [0.25, 0.3) is 0 Å². The molecule has 2 fully saturated rings. The van der Waals surface area contributed by atoms with Crippen molar-refractivity contribution in [1.29, 1.82) is 0 Å². The predicted molar refractivity (Wildman–Crippen MR) is 123 cm³/mol. The van der Waals surface area contributed by atoms with Gasteiger partial charge in [0, 0.05) is 10.5 Å². The van der Waals surface area contributed by atoms with Crippen LogP contribution in [0.5, 0.6) is 5.75 Å². The molecule has 1 aliphatic carbocycles. The van der Waals surface area contributed by atoms with Crippen LogP contribution in [-0.4, -0.2) is 37.7 Å². The lowest BCUT2D eigenvalue weighted by molar-refractivity contribution is 0.165. The van der Waals surface area contributed by atoms with Gasteiger partial charge in [-0.2, -0.15) is 0 Å². The van der Waals surface area contributed by atoms with Gasteiger partial charge in [-0.25, -0.2) is 0 Å². The number of likely N-dealkylation sites (tertiary alicyclic amines) is 1. The molecule has 27 heavy (non-hydrogen) atoms. The summed E-state index contributed by atoms with van der Waals surface area (Å²) in [7, 11) is 1.74. The van der Waals surface area contributed by atoms with Crippen molar-refractivity contribution >= 4 is 40.7 Å². The molecule has 156 valence electrons. The molecule has 6 heteroatoms. The molecule has 0 amide bonds. The van der Waals surface area contributed by atoms with Crippen molar-refractivity contribution < 1.29 is 4.74 Å². The Hall–Kier alpha value is -0.000000000000000111. The van der Waals surface area contributed by atoms with Crippen molar-refractivity contribution in [3.8, 4) is 5.75 Å². The maximum absolute atomic E-state index is 6.02. The minimum absolute atomic E-state index is 0. The summed E-state index contributed by atoms with van der Waals surface area (Å²) < 4.78 is 6.59. The molecule has 2 N–H and O–H groups in total. The van der Waals surface area contributed by atoms with Gasteiger partial charge in [0.15, 0.2) is 0 Å². The second-order valence-corrected chi connectivity index (χ2v) is 8.87. The maximum atomic E-state index is 6.02. The van der Waals surface area contributed by atoms with Gasteiger partial charge >= 0.3 is 0 Å². The maximum Gasteiger partial charge on any atom is 0.119 e. The first kappa shape index (κ1) is 25.0. The molecule has 3 rings (SSSR count). The zero-order valence-electron chi connectivity index (χ0n) is 16.4. The lowest BCUT2D eigenvalue weighted by Gasteiger charge is -2.34. The monoisotopic (exact) mass is 480 g/mol. The number of hydrogen-bond donors (Lipinski definition) is 1. The summed E-state index contributed by atoms with van der Waals surface area (Å²) >= 11 is 3.70. The van der Waals surface area contributed by atoms with Crippen molar-refractivity contribution in [1.82, 2.24) is 4.90 Å². The summed E-state index contributed by atoms with van der Waals surface area (Å²) in [5, 5.41) is 0. The summed E-state index contributed by atoms with van der Waals surface area (Å²) in [6.45, 7) is 3.81. The van der Waals surface area contributed by atoms with Crippen LogP contribution in [0, 0.1) is 11.8 Å². The smallest absolute Gasteiger partial charge is 0.119 e. The quantitative estimate of drug-likeness (QED) is 0.585. The van der Waals surface area contributed by atoms with Gasteiger partial charge < -0.3 is 15.4 Å². The van der Waals surface area contributed by atoms with E-state index in [1.54, 1.807) is 7.11 Å². The normalized spacial score (nSPS) is 24.0. The van der Waals surface area contributed by atoms with E-state index in [1.807, 2.05) is 6.07 Å². The Morgan fingerprint density at radius 1 is 1.04 bits per heavy atom. The predicted octanol–water partition coefficient (Wildman–Crippen LogP) is 5.46. The van der Waals surface area contributed by atoms with Gasteiger partial charge in [-0.15, -0.1) is 24.8 Å². The lowest BCUT2D eigenvalue weighted by atomic mass is 9.84. The molecule has 0 radical (unpaired) electrons. The molecule has 1 saturated carbocycles. The van der Waals surface area contributed by atoms with Crippen LogP contribution in [0.4, 0.5) is 0 Å². The van der Waals surface area contributed by atoms with E-state index >= 15 is 0 Å². The number of benzene rings is 1. The van der Waals surface area contributed by atoms with Gasteiger partial charge in [-0.1, -0.05) is 15.9 Å². The molecule has 0 aromatic heterocycles. The Bertz CT molecular complexity index is 545. The van der Waals surface area contributed by atoms with Crippen molar-refractivity contribution in [2.45, 2.75) is 57.4 Å². The Balaban J connectivity index is 0.00000182. The minimum atomic E-state index is 0. The Morgan fingerprint density at radius 3 is 2.33 bits per heavy atom. The highest BCUT2D eigenvalue weighted by molar-refractivity contribution is 9.10. The average Bonchev–Trinajstić information content (AvgIpc) is 2.64. The summed E-state index contributed by atoms with van der Waals surface area (Å²) in [6, 6.07) is 6.79. The largest absolute Gasteiger partial charge is 0.497 e. The average molecular weight is 482 g/mol. The lowest BCUT2D eigenvalue weighted by Crippen LogP contribution is -2.36. The molecule has 3 nitrogen and oxygen atoms in total. The van der Waals surface area contributed by atoms with Gasteiger partial charge in [0.2, 0.25) is 0 Å². The van der Waals surface area contributed by atoms with Gasteiger partial charge in [0.25, 0.3) is 0 Å². The molecule has 1 heterocycles. The number of rotatable bonds is 6. The summed E-state index contributed by atoms with van der Waals surface area (Å²) in [5.41, 5.74) is 7.41. The third-order valence-electron chi connectivity index (χ3n) is 6.21. The third kappa shape index (κ3) is 7.74. The fourth-order valence-electron chi connectivity index (χ4n) is 4.40. The summed E-state index contributed by atoms with van der Waals surface area (Å²) in [4.78, 5) is 2.69. The van der Waals surface area contributed by atoms with Crippen LogP contribution >= 0.6 is 40.7 Å². The van der Waals surface area contributed by atoms with E-state index in [0.29, 0.717) is 6.04 Å². The number of nitrogens with zero attached hydrogens (tertiary/aromatic N) is 1. The van der Waals surface area contributed by atoms with Crippen molar-refractivity contribution in [2.75, 3.05) is 26.7 Å². The van der Waals surface area contributed by atoms with Gasteiger partial charge in [0.1, 0.15) is 5.75 Å². The molecule has 0 atom stereocenters. The fourth-order valence-corrected chi connectivity index (χ4v) is 4.81. The number of piperidine rings is 1. The van der Waals surface area contributed by atoms with E-state index < -0.39 is 0 Å². The molecule has 0 bridgehead atoms. The minimum Gasteiger partial charge on any atom is -0.497 e. The van der Waals surface area contributed by atoms with E-state index in [9.17, 15) is 0 Å². The number of nitrogens with two attached hydrogens (primary N) is 1. The third-order valence-corrected chi connectivity index (χ3v) is 6.99. The van der Waals surface area contributed by atoms with Gasteiger partial charge in [-0.3, -0.25) is 0 Å². The van der Waals surface area contributed by atoms with Crippen LogP contribution < -0.4 is 10.5 Å². The highest BCUT2D eigenvalue weighted by atomic mass is 79.9. The zero-order chi connectivity index (χ0) is 17.6. The summed E-state index contributed by atoms with van der Waals surface area (Å²) in [5.74, 6) is 2.68. The second-order valence-electron chi connectivity index (χ2n) is 8.02. The van der Waals surface area contributed by atoms with Gasteiger partial charge in [0.05, 0.1) is 7.11 Å². The molecule has 1 aliphatic heterocycles. The molecular formula is C21H35BrCl2N2O. The summed E-state index contributed by atoms with van der Waals surface area (Å²) in [6.07, 6.45) is 10.3. The van der Waals surface area contributed by atoms with E-state index in [-0.39, 0.29) is 24.8 Å². The fraction of sp³-hybridized carbons (Fsp3) is 0.714. The number of halogens is 3.